The van der Waals surface area contributed by atoms with Crippen molar-refractivity contribution in [3.8, 4) is 0 Å². The second kappa shape index (κ2) is 12.2. The summed E-state index contributed by atoms with van der Waals surface area (Å²) < 4.78 is 13.1. The quantitative estimate of drug-likeness (QED) is 0.307. The maximum atomic E-state index is 12.7. The van der Waals surface area contributed by atoms with Gasteiger partial charge in [-0.25, -0.2) is 0 Å². The third-order valence-electron chi connectivity index (χ3n) is 6.31. The molecule has 35 heavy (non-hydrogen) atoms. The molecule has 0 unspecified atom stereocenters. The van der Waals surface area contributed by atoms with E-state index in [1.807, 2.05) is 49.4 Å². The van der Waals surface area contributed by atoms with E-state index in [0.29, 0.717) is 6.61 Å². The molecule has 3 atom stereocenters. The van der Waals surface area contributed by atoms with E-state index in [4.69, 9.17) is 9.16 Å². The fourth-order valence-electron chi connectivity index (χ4n) is 4.43. The molecule has 0 fully saturated rings. The summed E-state index contributed by atoms with van der Waals surface area (Å²) in [6.07, 6.45) is -0.874. The van der Waals surface area contributed by atoms with Crippen molar-refractivity contribution in [2.45, 2.75) is 43.7 Å². The van der Waals surface area contributed by atoms with E-state index in [0.717, 1.165) is 4.46 Å². The molecule has 0 radical (unpaired) electrons. The van der Waals surface area contributed by atoms with Crippen LogP contribution in [0.25, 0.3) is 0 Å². The second-order valence-corrected chi connectivity index (χ2v) is 16.7. The van der Waals surface area contributed by atoms with Gasteiger partial charge in [0.15, 0.2) is 0 Å². The van der Waals surface area contributed by atoms with E-state index in [1.165, 1.54) is 17.5 Å². The Morgan fingerprint density at radius 3 is 1.77 bits per heavy atom. The molecule has 0 aliphatic rings. The number of aliphatic hydroxyl groups excluding tert-OH is 1. The first-order valence-electron chi connectivity index (χ1n) is 11.9. The summed E-state index contributed by atoms with van der Waals surface area (Å²) in [6, 6.07) is 30.7. The van der Waals surface area contributed by atoms with Gasteiger partial charge >= 0.3 is 217 Å². The first kappa shape index (κ1) is 27.4. The SMILES string of the molecule is COC(=O)[C@@H]([Se]c1ccccc1)[C@H](O)[C@@H](C)CO[Si](c1ccccc1)(c1ccccc1)C(C)(C)C. The van der Waals surface area contributed by atoms with Crippen LogP contribution in [0.3, 0.4) is 0 Å². The maximum absolute atomic E-state index is 12.7. The molecular formula is C29H36O4SeSi. The Morgan fingerprint density at radius 1 is 0.886 bits per heavy atom. The van der Waals surface area contributed by atoms with Gasteiger partial charge in [0, 0.05) is 0 Å². The van der Waals surface area contributed by atoms with E-state index in [9.17, 15) is 9.90 Å². The fraction of sp³-hybridized carbons (Fsp3) is 0.345. The number of hydrogen-bond donors (Lipinski definition) is 1. The molecule has 0 amide bonds. The molecule has 186 valence electrons. The molecule has 0 aromatic heterocycles. The zero-order valence-corrected chi connectivity index (χ0v) is 23.9. The molecule has 6 heteroatoms. The van der Waals surface area contributed by atoms with Gasteiger partial charge in [0.25, 0.3) is 0 Å². The van der Waals surface area contributed by atoms with E-state index in [1.54, 1.807) is 0 Å². The molecule has 0 bridgehead atoms. The second-order valence-electron chi connectivity index (χ2n) is 9.82. The fourth-order valence-corrected chi connectivity index (χ4v) is 11.6. The molecule has 3 rings (SSSR count). The number of esters is 1. The summed E-state index contributed by atoms with van der Waals surface area (Å²) in [6.45, 7) is 8.99. The van der Waals surface area contributed by atoms with Crippen molar-refractivity contribution in [3.05, 3.63) is 91.0 Å². The zero-order valence-electron chi connectivity index (χ0n) is 21.2. The van der Waals surface area contributed by atoms with Crippen LogP contribution in [0.5, 0.6) is 0 Å². The molecule has 0 saturated heterocycles. The molecule has 3 aromatic carbocycles. The molecule has 0 aliphatic carbocycles. The first-order valence-corrected chi connectivity index (χ1v) is 15.7. The first-order chi connectivity index (χ1) is 16.7. The molecule has 0 heterocycles. The Kier molecular flexibility index (Phi) is 9.51. The van der Waals surface area contributed by atoms with Crippen molar-refractivity contribution in [1.82, 2.24) is 0 Å². The number of benzene rings is 3. The molecule has 0 saturated carbocycles. The molecule has 0 spiro atoms. The van der Waals surface area contributed by atoms with Crippen LogP contribution in [0.2, 0.25) is 9.85 Å². The Hall–Kier alpha value is -2.21. The normalized spacial score (nSPS) is 14.7. The Balaban J connectivity index is 1.92. The van der Waals surface area contributed by atoms with Crippen molar-refractivity contribution in [1.29, 1.82) is 0 Å². The number of rotatable bonds is 10. The van der Waals surface area contributed by atoms with Crippen molar-refractivity contribution >= 4 is 44.1 Å². The molecule has 4 nitrogen and oxygen atoms in total. The van der Waals surface area contributed by atoms with Crippen molar-refractivity contribution in [3.63, 3.8) is 0 Å². The average molecular weight is 556 g/mol. The van der Waals surface area contributed by atoms with E-state index >= 15 is 0 Å². The van der Waals surface area contributed by atoms with Gasteiger partial charge in [0.2, 0.25) is 0 Å². The number of carbonyl (C=O) groups is 1. The standard InChI is InChI=1S/C29H36O4SeSi/c1-22(26(30)27(28(31)32-5)34-23-15-9-6-10-16-23)21-33-35(29(2,3)4,24-17-11-7-12-18-24)25-19-13-8-14-20-25/h6-20,22,26-27,30H,21H2,1-5H3/t22-,26+,27-/m0/s1. The molecule has 0 aliphatic heterocycles. The van der Waals surface area contributed by atoms with Gasteiger partial charge in [-0.05, 0) is 0 Å². The summed E-state index contributed by atoms with van der Waals surface area (Å²) in [5.41, 5.74) is 0. The van der Waals surface area contributed by atoms with Crippen LogP contribution in [-0.2, 0) is 14.0 Å². The van der Waals surface area contributed by atoms with E-state index < -0.39 is 19.2 Å². The zero-order chi connectivity index (χ0) is 25.5. The predicted molar refractivity (Wildman–Crippen MR) is 146 cm³/mol. The van der Waals surface area contributed by atoms with Crippen LogP contribution in [-0.4, -0.2) is 54.2 Å². The third kappa shape index (κ3) is 6.32. The van der Waals surface area contributed by atoms with Crippen LogP contribution < -0.4 is 14.8 Å². The minimum absolute atomic E-state index is 0.157. The van der Waals surface area contributed by atoms with Gasteiger partial charge in [-0.15, -0.1) is 0 Å². The van der Waals surface area contributed by atoms with Crippen LogP contribution in [0.4, 0.5) is 0 Å². The predicted octanol–water partition coefficient (Wildman–Crippen LogP) is 3.55. The number of carbonyl (C=O) groups excluding carboxylic acids is 1. The van der Waals surface area contributed by atoms with E-state index in [2.05, 4.69) is 69.3 Å². The summed E-state index contributed by atoms with van der Waals surface area (Å²) >= 11 is -0.264. The monoisotopic (exact) mass is 556 g/mol. The number of aliphatic hydroxyl groups is 1. The average Bonchev–Trinajstić information content (AvgIpc) is 2.87. The van der Waals surface area contributed by atoms with Gasteiger partial charge in [-0.1, -0.05) is 0 Å². The summed E-state index contributed by atoms with van der Waals surface area (Å²) in [7, 11) is -1.34. The van der Waals surface area contributed by atoms with Crippen molar-refractivity contribution < 1.29 is 19.1 Å². The topological polar surface area (TPSA) is 55.8 Å². The Bertz CT molecular complexity index is 1010. The summed E-state index contributed by atoms with van der Waals surface area (Å²) in [5.74, 6) is -0.634. The Morgan fingerprint density at radius 2 is 1.34 bits per heavy atom. The van der Waals surface area contributed by atoms with Gasteiger partial charge in [-0.3, -0.25) is 0 Å². The molecular weight excluding hydrogens is 519 g/mol. The van der Waals surface area contributed by atoms with Gasteiger partial charge in [0.1, 0.15) is 0 Å². The number of ether oxygens (including phenoxy) is 1. The van der Waals surface area contributed by atoms with Crippen LogP contribution in [0.15, 0.2) is 91.0 Å². The summed E-state index contributed by atoms with van der Waals surface area (Å²) in [4.78, 5) is 12.1. The van der Waals surface area contributed by atoms with Gasteiger partial charge in [0.05, 0.1) is 0 Å². The number of hydrogen-bond acceptors (Lipinski definition) is 4. The van der Waals surface area contributed by atoms with E-state index in [-0.39, 0.29) is 31.9 Å². The van der Waals surface area contributed by atoms with Crippen molar-refractivity contribution in [2.24, 2.45) is 5.92 Å². The van der Waals surface area contributed by atoms with Crippen molar-refractivity contribution in [2.75, 3.05) is 13.7 Å². The minimum atomic E-state index is -2.72. The summed E-state index contributed by atoms with van der Waals surface area (Å²) in [5, 5.41) is 13.6. The Labute approximate surface area is 217 Å². The third-order valence-corrected chi connectivity index (χ3v) is 14.0. The molecule has 3 aromatic rings. The van der Waals surface area contributed by atoms with Crippen LogP contribution >= 0.6 is 0 Å². The number of methoxy groups -OCH3 is 1. The van der Waals surface area contributed by atoms with Gasteiger partial charge < -0.3 is 0 Å². The van der Waals surface area contributed by atoms with Gasteiger partial charge in [-0.2, -0.15) is 0 Å². The van der Waals surface area contributed by atoms with Crippen LogP contribution in [0, 0.1) is 5.92 Å². The molecule has 1 N–H and O–H groups in total. The van der Waals surface area contributed by atoms with Crippen LogP contribution in [0.1, 0.15) is 27.7 Å².